The van der Waals surface area contributed by atoms with Gasteiger partial charge >= 0.3 is 0 Å². The van der Waals surface area contributed by atoms with Crippen molar-refractivity contribution in [3.8, 4) is 6.07 Å². The molecule has 0 spiro atoms. The van der Waals surface area contributed by atoms with Crippen LogP contribution in [0.2, 0.25) is 0 Å². The third kappa shape index (κ3) is 3.01. The summed E-state index contributed by atoms with van der Waals surface area (Å²) in [5.74, 6) is 0.163. The number of hydrogen-bond acceptors (Lipinski definition) is 4. The highest BCUT2D eigenvalue weighted by Crippen LogP contribution is 2.23. The zero-order valence-electron chi connectivity index (χ0n) is 11.5. The van der Waals surface area contributed by atoms with Crippen molar-refractivity contribution in [1.29, 1.82) is 5.26 Å². The largest absolute Gasteiger partial charge is 0.327 e. The molecule has 0 aromatic heterocycles. The Morgan fingerprint density at radius 2 is 2.05 bits per heavy atom. The van der Waals surface area contributed by atoms with Gasteiger partial charge < -0.3 is 5.73 Å². The summed E-state index contributed by atoms with van der Waals surface area (Å²) < 4.78 is 26.6. The number of benzene rings is 1. The number of nitrogens with zero attached hydrogens (tertiary/aromatic N) is 2. The predicted molar refractivity (Wildman–Crippen MR) is 76.3 cm³/mol. The number of nitriles is 1. The van der Waals surface area contributed by atoms with Crippen LogP contribution in [-0.2, 0) is 16.4 Å². The van der Waals surface area contributed by atoms with Crippen LogP contribution in [0.3, 0.4) is 0 Å². The van der Waals surface area contributed by atoms with Gasteiger partial charge in [-0.2, -0.15) is 9.57 Å². The molecule has 1 saturated heterocycles. The van der Waals surface area contributed by atoms with Crippen LogP contribution in [0.15, 0.2) is 29.2 Å². The lowest BCUT2D eigenvalue weighted by atomic mass is 9.96. The number of piperidine rings is 1. The molecule has 0 aliphatic carbocycles. The summed E-state index contributed by atoms with van der Waals surface area (Å²) in [6.45, 7) is 2.90. The minimum atomic E-state index is -3.46. The molecular formula is C14H19N3O2S. The van der Waals surface area contributed by atoms with Crippen molar-refractivity contribution in [2.24, 2.45) is 11.7 Å². The van der Waals surface area contributed by atoms with E-state index in [0.29, 0.717) is 19.5 Å². The van der Waals surface area contributed by atoms with Crippen LogP contribution in [0, 0.1) is 17.2 Å². The van der Waals surface area contributed by atoms with E-state index < -0.39 is 10.0 Å². The average molecular weight is 293 g/mol. The molecule has 1 heterocycles. The highest BCUT2D eigenvalue weighted by atomic mass is 32.2. The second kappa shape index (κ2) is 5.92. The summed E-state index contributed by atoms with van der Waals surface area (Å²) in [7, 11) is -3.46. The second-order valence-corrected chi connectivity index (χ2v) is 7.21. The molecule has 1 aliphatic rings. The summed E-state index contributed by atoms with van der Waals surface area (Å²) in [5.41, 5.74) is 6.74. The van der Waals surface area contributed by atoms with Crippen molar-refractivity contribution in [2.75, 3.05) is 13.1 Å². The summed E-state index contributed by atoms with van der Waals surface area (Å²) in [4.78, 5) is 0.280. The summed E-state index contributed by atoms with van der Waals surface area (Å²) in [6.07, 6.45) is 0.975. The fourth-order valence-electron chi connectivity index (χ4n) is 2.36. The van der Waals surface area contributed by atoms with Gasteiger partial charge in [0.2, 0.25) is 10.0 Å². The van der Waals surface area contributed by atoms with Crippen molar-refractivity contribution >= 4 is 10.0 Å². The van der Waals surface area contributed by atoms with Crippen LogP contribution in [0.5, 0.6) is 0 Å². The molecule has 1 fully saturated rings. The van der Waals surface area contributed by atoms with Crippen LogP contribution in [-0.4, -0.2) is 31.9 Å². The Morgan fingerprint density at radius 1 is 1.40 bits per heavy atom. The summed E-state index contributed by atoms with van der Waals surface area (Å²) >= 11 is 0. The first kappa shape index (κ1) is 15.0. The molecule has 0 radical (unpaired) electrons. The highest BCUT2D eigenvalue weighted by Gasteiger charge is 2.31. The van der Waals surface area contributed by atoms with E-state index in [1.54, 1.807) is 24.3 Å². The molecule has 1 aromatic carbocycles. The van der Waals surface area contributed by atoms with E-state index in [0.717, 1.165) is 5.56 Å². The number of nitrogens with two attached hydrogens (primary N) is 1. The molecule has 6 heteroatoms. The monoisotopic (exact) mass is 293 g/mol. The van der Waals surface area contributed by atoms with Gasteiger partial charge in [0.05, 0.1) is 17.4 Å². The van der Waals surface area contributed by atoms with Crippen LogP contribution < -0.4 is 5.73 Å². The molecule has 2 rings (SSSR count). The standard InChI is InChI=1S/C14H19N3O2S/c1-11-10-17(9-7-14(11)16)20(18,19)13-4-2-12(3-5-13)6-8-15/h2-5,11,14H,6-7,9-10,16H2,1H3. The topological polar surface area (TPSA) is 87.2 Å². The van der Waals surface area contributed by atoms with Crippen LogP contribution in [0.4, 0.5) is 0 Å². The third-order valence-electron chi connectivity index (χ3n) is 3.78. The van der Waals surface area contributed by atoms with Gasteiger partial charge in [-0.1, -0.05) is 19.1 Å². The molecule has 0 amide bonds. The number of hydrogen-bond donors (Lipinski definition) is 1. The molecule has 0 bridgehead atoms. The van der Waals surface area contributed by atoms with Crippen LogP contribution >= 0.6 is 0 Å². The second-order valence-electron chi connectivity index (χ2n) is 5.27. The van der Waals surface area contributed by atoms with Gasteiger partial charge in [0, 0.05) is 19.1 Å². The fraction of sp³-hybridized carbons (Fsp3) is 0.500. The van der Waals surface area contributed by atoms with Gasteiger partial charge in [0.25, 0.3) is 0 Å². The van der Waals surface area contributed by atoms with E-state index in [2.05, 4.69) is 0 Å². The Morgan fingerprint density at radius 3 is 2.60 bits per heavy atom. The lowest BCUT2D eigenvalue weighted by Crippen LogP contribution is -2.48. The quantitative estimate of drug-likeness (QED) is 0.904. The molecule has 2 N–H and O–H groups in total. The van der Waals surface area contributed by atoms with Gasteiger partial charge in [-0.15, -0.1) is 0 Å². The van der Waals surface area contributed by atoms with Crippen molar-refractivity contribution in [1.82, 2.24) is 4.31 Å². The summed E-state index contributed by atoms with van der Waals surface area (Å²) in [6, 6.07) is 8.63. The minimum absolute atomic E-state index is 0.0689. The molecule has 2 atom stereocenters. The maximum Gasteiger partial charge on any atom is 0.243 e. The van der Waals surface area contributed by atoms with Crippen molar-refractivity contribution in [2.45, 2.75) is 30.7 Å². The van der Waals surface area contributed by atoms with Crippen molar-refractivity contribution in [3.05, 3.63) is 29.8 Å². The van der Waals surface area contributed by atoms with E-state index in [1.807, 2.05) is 13.0 Å². The minimum Gasteiger partial charge on any atom is -0.327 e. The van der Waals surface area contributed by atoms with Gasteiger partial charge in [-0.3, -0.25) is 0 Å². The lowest BCUT2D eigenvalue weighted by molar-refractivity contribution is 0.250. The molecule has 2 unspecified atom stereocenters. The van der Waals surface area contributed by atoms with Crippen LogP contribution in [0.1, 0.15) is 18.9 Å². The lowest BCUT2D eigenvalue weighted by Gasteiger charge is -2.34. The third-order valence-corrected chi connectivity index (χ3v) is 5.66. The smallest absolute Gasteiger partial charge is 0.243 e. The fourth-order valence-corrected chi connectivity index (χ4v) is 3.92. The van der Waals surface area contributed by atoms with Gasteiger partial charge in [0.1, 0.15) is 0 Å². The molecule has 5 nitrogen and oxygen atoms in total. The predicted octanol–water partition coefficient (Wildman–Crippen LogP) is 1.11. The van der Waals surface area contributed by atoms with Crippen molar-refractivity contribution < 1.29 is 8.42 Å². The summed E-state index contributed by atoms with van der Waals surface area (Å²) in [5, 5.41) is 8.62. The highest BCUT2D eigenvalue weighted by molar-refractivity contribution is 7.89. The first-order valence-electron chi connectivity index (χ1n) is 6.67. The number of sulfonamides is 1. The molecule has 1 aromatic rings. The molecule has 0 saturated carbocycles. The Balaban J connectivity index is 2.20. The number of rotatable bonds is 3. The maximum absolute atomic E-state index is 12.5. The Bertz CT molecular complexity index is 604. The first-order chi connectivity index (χ1) is 9.45. The Kier molecular flexibility index (Phi) is 4.43. The van der Waals surface area contributed by atoms with E-state index in [-0.39, 0.29) is 23.3 Å². The van der Waals surface area contributed by atoms with Gasteiger partial charge in [-0.05, 0) is 30.0 Å². The van der Waals surface area contributed by atoms with Gasteiger partial charge in [0.15, 0.2) is 0 Å². The molecular weight excluding hydrogens is 274 g/mol. The molecule has 20 heavy (non-hydrogen) atoms. The molecule has 108 valence electrons. The van der Waals surface area contributed by atoms with E-state index in [1.165, 1.54) is 4.31 Å². The van der Waals surface area contributed by atoms with E-state index in [9.17, 15) is 8.42 Å². The first-order valence-corrected chi connectivity index (χ1v) is 8.11. The van der Waals surface area contributed by atoms with Gasteiger partial charge in [-0.25, -0.2) is 8.42 Å². The maximum atomic E-state index is 12.5. The Labute approximate surface area is 120 Å². The van der Waals surface area contributed by atoms with E-state index >= 15 is 0 Å². The SMILES string of the molecule is CC1CN(S(=O)(=O)c2ccc(CC#N)cc2)CCC1N. The normalized spacial score (nSPS) is 24.2. The Hall–Kier alpha value is -1.42. The van der Waals surface area contributed by atoms with E-state index in [4.69, 9.17) is 11.0 Å². The zero-order chi connectivity index (χ0) is 14.8. The molecule has 1 aliphatic heterocycles. The van der Waals surface area contributed by atoms with Crippen molar-refractivity contribution in [3.63, 3.8) is 0 Å². The van der Waals surface area contributed by atoms with Crippen LogP contribution in [0.25, 0.3) is 0 Å². The average Bonchev–Trinajstić information content (AvgIpc) is 2.43. The zero-order valence-corrected chi connectivity index (χ0v) is 12.3.